The van der Waals surface area contributed by atoms with Crippen LogP contribution in [0.4, 0.5) is 0 Å². The zero-order valence-electron chi connectivity index (χ0n) is 10.6. The van der Waals surface area contributed by atoms with Crippen LogP contribution in [0.25, 0.3) is 0 Å². The van der Waals surface area contributed by atoms with Crippen molar-refractivity contribution in [3.8, 4) is 5.88 Å². The summed E-state index contributed by atoms with van der Waals surface area (Å²) >= 11 is 0. The van der Waals surface area contributed by atoms with Gasteiger partial charge in [-0.3, -0.25) is 4.90 Å². The molecule has 1 aromatic heterocycles. The first-order valence-electron chi connectivity index (χ1n) is 6.24. The van der Waals surface area contributed by atoms with Crippen LogP contribution in [0.1, 0.15) is 12.6 Å². The molecule has 0 saturated carbocycles. The van der Waals surface area contributed by atoms with Crippen molar-refractivity contribution in [2.24, 2.45) is 0 Å². The fourth-order valence-electron chi connectivity index (χ4n) is 2.24. The second-order valence-electron chi connectivity index (χ2n) is 4.51. The fraction of sp³-hybridized carbons (Fsp3) is 0.615. The Morgan fingerprint density at radius 1 is 1.41 bits per heavy atom. The molecule has 4 heteroatoms. The Bertz CT molecular complexity index is 350. The highest BCUT2D eigenvalue weighted by Gasteiger charge is 2.17. The lowest BCUT2D eigenvalue weighted by atomic mass is 10.1. The monoisotopic (exact) mass is 235 g/mol. The summed E-state index contributed by atoms with van der Waals surface area (Å²) in [6, 6.07) is 6.50. The van der Waals surface area contributed by atoms with Crippen molar-refractivity contribution < 1.29 is 4.74 Å². The maximum atomic E-state index is 5.15. The highest BCUT2D eigenvalue weighted by Crippen LogP contribution is 2.11. The highest BCUT2D eigenvalue weighted by molar-refractivity contribution is 5.16. The standard InChI is InChI=1S/C13H21N3O/c1-11(16-8-6-14-7-9-16)10-12-4-3-5-13(15-12)17-2/h3-5,11,14H,6-10H2,1-2H3. The van der Waals surface area contributed by atoms with Crippen LogP contribution in [-0.4, -0.2) is 49.2 Å². The van der Waals surface area contributed by atoms with Gasteiger partial charge in [0.1, 0.15) is 0 Å². The number of methoxy groups -OCH3 is 1. The van der Waals surface area contributed by atoms with Gasteiger partial charge in [0.25, 0.3) is 0 Å². The van der Waals surface area contributed by atoms with E-state index in [-0.39, 0.29) is 0 Å². The van der Waals surface area contributed by atoms with Crippen LogP contribution in [0, 0.1) is 0 Å². The van der Waals surface area contributed by atoms with E-state index in [1.807, 2.05) is 12.1 Å². The number of pyridine rings is 1. The summed E-state index contributed by atoms with van der Waals surface area (Å²) in [4.78, 5) is 6.97. The lowest BCUT2D eigenvalue weighted by Crippen LogP contribution is -2.48. The molecule has 1 saturated heterocycles. The molecule has 0 aromatic carbocycles. The highest BCUT2D eigenvalue weighted by atomic mass is 16.5. The zero-order valence-corrected chi connectivity index (χ0v) is 10.6. The summed E-state index contributed by atoms with van der Waals surface area (Å²) in [5.74, 6) is 0.704. The molecule has 0 radical (unpaired) electrons. The van der Waals surface area contributed by atoms with E-state index in [1.165, 1.54) is 0 Å². The Kier molecular flexibility index (Phi) is 4.34. The molecule has 0 amide bonds. The molecule has 17 heavy (non-hydrogen) atoms. The van der Waals surface area contributed by atoms with Gasteiger partial charge in [0.15, 0.2) is 0 Å². The summed E-state index contributed by atoms with van der Waals surface area (Å²) < 4.78 is 5.15. The van der Waals surface area contributed by atoms with E-state index in [0.29, 0.717) is 11.9 Å². The van der Waals surface area contributed by atoms with Gasteiger partial charge in [0.05, 0.1) is 7.11 Å². The van der Waals surface area contributed by atoms with Crippen molar-refractivity contribution in [3.05, 3.63) is 23.9 Å². The number of nitrogens with zero attached hydrogens (tertiary/aromatic N) is 2. The zero-order chi connectivity index (χ0) is 12.1. The first-order valence-corrected chi connectivity index (χ1v) is 6.24. The van der Waals surface area contributed by atoms with Gasteiger partial charge in [0.2, 0.25) is 5.88 Å². The Balaban J connectivity index is 1.94. The molecule has 1 fully saturated rings. The maximum absolute atomic E-state index is 5.15. The van der Waals surface area contributed by atoms with Gasteiger partial charge in [-0.15, -0.1) is 0 Å². The minimum atomic E-state index is 0.539. The van der Waals surface area contributed by atoms with Gasteiger partial charge in [-0.25, -0.2) is 4.98 Å². The number of rotatable bonds is 4. The number of piperazine rings is 1. The molecule has 1 aliphatic rings. The summed E-state index contributed by atoms with van der Waals surface area (Å²) in [5.41, 5.74) is 1.11. The minimum Gasteiger partial charge on any atom is -0.481 e. The Morgan fingerprint density at radius 3 is 2.88 bits per heavy atom. The van der Waals surface area contributed by atoms with Gasteiger partial charge >= 0.3 is 0 Å². The van der Waals surface area contributed by atoms with E-state index in [0.717, 1.165) is 38.3 Å². The molecular weight excluding hydrogens is 214 g/mol. The van der Waals surface area contributed by atoms with Gasteiger partial charge in [0, 0.05) is 50.4 Å². The predicted molar refractivity (Wildman–Crippen MR) is 68.4 cm³/mol. The van der Waals surface area contributed by atoms with Crippen LogP contribution < -0.4 is 10.1 Å². The smallest absolute Gasteiger partial charge is 0.213 e. The lowest BCUT2D eigenvalue weighted by molar-refractivity contribution is 0.182. The van der Waals surface area contributed by atoms with Gasteiger partial charge < -0.3 is 10.1 Å². The summed E-state index contributed by atoms with van der Waals surface area (Å²) in [6.07, 6.45) is 0.983. The molecule has 1 atom stereocenters. The largest absolute Gasteiger partial charge is 0.481 e. The van der Waals surface area contributed by atoms with E-state index in [4.69, 9.17) is 4.74 Å². The van der Waals surface area contributed by atoms with Gasteiger partial charge in [-0.2, -0.15) is 0 Å². The van der Waals surface area contributed by atoms with Crippen LogP contribution >= 0.6 is 0 Å². The Hall–Kier alpha value is -1.13. The van der Waals surface area contributed by atoms with Crippen LogP contribution in [0.2, 0.25) is 0 Å². The molecule has 1 aliphatic heterocycles. The topological polar surface area (TPSA) is 37.4 Å². The minimum absolute atomic E-state index is 0.539. The summed E-state index contributed by atoms with van der Waals surface area (Å²) in [7, 11) is 1.66. The summed E-state index contributed by atoms with van der Waals surface area (Å²) in [6.45, 7) is 6.72. The molecule has 0 bridgehead atoms. The Labute approximate surface area is 103 Å². The number of hydrogen-bond acceptors (Lipinski definition) is 4. The predicted octanol–water partition coefficient (Wildman–Crippen LogP) is 0.926. The molecule has 4 nitrogen and oxygen atoms in total. The molecule has 0 aliphatic carbocycles. The SMILES string of the molecule is COc1cccc(CC(C)N2CCNCC2)n1. The normalized spacial score (nSPS) is 18.9. The van der Waals surface area contributed by atoms with Crippen LogP contribution in [0.3, 0.4) is 0 Å². The van der Waals surface area contributed by atoms with Crippen molar-refractivity contribution in [3.63, 3.8) is 0 Å². The van der Waals surface area contributed by atoms with Crippen LogP contribution in [0.5, 0.6) is 5.88 Å². The molecule has 1 unspecified atom stereocenters. The molecule has 2 rings (SSSR count). The lowest BCUT2D eigenvalue weighted by Gasteiger charge is -2.32. The van der Waals surface area contributed by atoms with Crippen LogP contribution in [0.15, 0.2) is 18.2 Å². The third kappa shape index (κ3) is 3.41. The van der Waals surface area contributed by atoms with Gasteiger partial charge in [-0.05, 0) is 13.0 Å². The van der Waals surface area contributed by atoms with Crippen LogP contribution in [-0.2, 0) is 6.42 Å². The van der Waals surface area contributed by atoms with E-state index in [2.05, 4.69) is 28.2 Å². The molecule has 1 aromatic rings. The molecule has 0 spiro atoms. The fourth-order valence-corrected chi connectivity index (χ4v) is 2.24. The first-order chi connectivity index (χ1) is 8.29. The van der Waals surface area contributed by atoms with E-state index < -0.39 is 0 Å². The van der Waals surface area contributed by atoms with Crippen molar-refractivity contribution in [1.82, 2.24) is 15.2 Å². The third-order valence-corrected chi connectivity index (χ3v) is 3.27. The Morgan fingerprint density at radius 2 is 2.18 bits per heavy atom. The third-order valence-electron chi connectivity index (χ3n) is 3.27. The molecule has 1 N–H and O–H groups in total. The van der Waals surface area contributed by atoms with Crippen molar-refractivity contribution in [2.45, 2.75) is 19.4 Å². The molecule has 94 valence electrons. The quantitative estimate of drug-likeness (QED) is 0.842. The number of aromatic nitrogens is 1. The summed E-state index contributed by atoms with van der Waals surface area (Å²) in [5, 5.41) is 3.37. The number of ether oxygens (including phenoxy) is 1. The number of nitrogens with one attached hydrogen (secondary N) is 1. The van der Waals surface area contributed by atoms with Crippen molar-refractivity contribution >= 4 is 0 Å². The maximum Gasteiger partial charge on any atom is 0.213 e. The van der Waals surface area contributed by atoms with Crippen molar-refractivity contribution in [2.75, 3.05) is 33.3 Å². The molecular formula is C13H21N3O. The second-order valence-corrected chi connectivity index (χ2v) is 4.51. The number of hydrogen-bond donors (Lipinski definition) is 1. The average Bonchev–Trinajstić information content (AvgIpc) is 2.40. The van der Waals surface area contributed by atoms with E-state index >= 15 is 0 Å². The van der Waals surface area contributed by atoms with Crippen molar-refractivity contribution in [1.29, 1.82) is 0 Å². The van der Waals surface area contributed by atoms with E-state index in [9.17, 15) is 0 Å². The van der Waals surface area contributed by atoms with E-state index in [1.54, 1.807) is 7.11 Å². The van der Waals surface area contributed by atoms with Gasteiger partial charge in [-0.1, -0.05) is 6.07 Å². The second kappa shape index (κ2) is 5.98. The average molecular weight is 235 g/mol. The molecule has 2 heterocycles. The first kappa shape index (κ1) is 12.3.